The predicted octanol–water partition coefficient (Wildman–Crippen LogP) is 2.15. The summed E-state index contributed by atoms with van der Waals surface area (Å²) in [4.78, 5) is 13.3. The zero-order chi connectivity index (χ0) is 15.5. The Bertz CT molecular complexity index is 653. The van der Waals surface area contributed by atoms with Crippen LogP contribution in [0.25, 0.3) is 0 Å². The van der Waals surface area contributed by atoms with Gasteiger partial charge >= 0.3 is 0 Å². The second-order valence-corrected chi connectivity index (χ2v) is 5.45. The number of β-amino-alcohol motifs (C(OH)–C–C–N with tert-alkyl or cyclic N) is 1. The Kier molecular flexibility index (Phi) is 3.98. The third-order valence-corrected chi connectivity index (χ3v) is 3.61. The topological polar surface area (TPSA) is 75.8 Å². The molecule has 1 atom stereocenters. The molecular formula is C17H18N2O3. The van der Waals surface area contributed by atoms with Crippen LogP contribution in [-0.4, -0.2) is 28.6 Å². The van der Waals surface area contributed by atoms with E-state index >= 15 is 0 Å². The normalized spacial score (nSPS) is 17.8. The highest BCUT2D eigenvalue weighted by Crippen LogP contribution is 2.23. The smallest absolute Gasteiger partial charge is 0.225 e. The van der Waals surface area contributed by atoms with Crippen molar-refractivity contribution in [3.05, 3.63) is 54.1 Å². The molecule has 114 valence electrons. The molecule has 0 radical (unpaired) electrons. The largest absolute Gasteiger partial charge is 0.457 e. The lowest BCUT2D eigenvalue weighted by Gasteiger charge is -2.16. The van der Waals surface area contributed by atoms with Gasteiger partial charge in [0.2, 0.25) is 5.91 Å². The van der Waals surface area contributed by atoms with Crippen LogP contribution in [0.4, 0.5) is 5.69 Å². The Labute approximate surface area is 128 Å². The number of hydrogen-bond donors (Lipinski definition) is 2. The average molecular weight is 298 g/mol. The summed E-state index contributed by atoms with van der Waals surface area (Å²) in [6.07, 6.45) is -0.321. The van der Waals surface area contributed by atoms with Crippen LogP contribution in [0.1, 0.15) is 12.0 Å². The molecule has 3 rings (SSSR count). The molecule has 1 aliphatic heterocycles. The number of rotatable bonds is 4. The van der Waals surface area contributed by atoms with Gasteiger partial charge in [0.05, 0.1) is 12.5 Å². The molecule has 0 saturated carbocycles. The minimum absolute atomic E-state index is 0.00491. The summed E-state index contributed by atoms with van der Waals surface area (Å²) in [7, 11) is 0. The van der Waals surface area contributed by atoms with Gasteiger partial charge in [-0.2, -0.15) is 0 Å². The van der Waals surface area contributed by atoms with Crippen LogP contribution in [0.5, 0.6) is 11.5 Å². The lowest BCUT2D eigenvalue weighted by Crippen LogP contribution is -2.25. The number of carbonyl (C=O) groups is 1. The number of ether oxygens (including phenoxy) is 1. The third-order valence-electron chi connectivity index (χ3n) is 3.61. The second-order valence-electron chi connectivity index (χ2n) is 5.45. The number of nitrogens with zero attached hydrogens (tertiary/aromatic N) is 1. The highest BCUT2D eigenvalue weighted by molar-refractivity contribution is 5.79. The van der Waals surface area contributed by atoms with E-state index in [0.717, 1.165) is 17.1 Å². The zero-order valence-corrected chi connectivity index (χ0v) is 12.1. The Morgan fingerprint density at radius 3 is 2.23 bits per heavy atom. The summed E-state index contributed by atoms with van der Waals surface area (Å²) in [5.74, 6) is 1.44. The number of carbonyl (C=O) groups excluding carboxylic acids is 1. The number of aliphatic hydroxyl groups excluding tert-OH is 1. The van der Waals surface area contributed by atoms with Crippen LogP contribution >= 0.6 is 0 Å². The van der Waals surface area contributed by atoms with Crippen molar-refractivity contribution in [1.82, 2.24) is 4.90 Å². The van der Waals surface area contributed by atoms with E-state index in [1.54, 1.807) is 17.0 Å². The fourth-order valence-electron chi connectivity index (χ4n) is 2.46. The molecule has 1 fully saturated rings. The van der Waals surface area contributed by atoms with Gasteiger partial charge < -0.3 is 20.5 Å². The number of likely N-dealkylation sites (tertiary alicyclic amines) is 1. The molecule has 22 heavy (non-hydrogen) atoms. The van der Waals surface area contributed by atoms with Crippen molar-refractivity contribution in [1.29, 1.82) is 0 Å². The first-order valence-electron chi connectivity index (χ1n) is 7.18. The molecule has 1 heterocycles. The zero-order valence-electron chi connectivity index (χ0n) is 12.1. The molecular weight excluding hydrogens is 280 g/mol. The monoisotopic (exact) mass is 298 g/mol. The molecule has 1 unspecified atom stereocenters. The predicted molar refractivity (Wildman–Crippen MR) is 83.4 cm³/mol. The Morgan fingerprint density at radius 1 is 1.09 bits per heavy atom. The standard InChI is InChI=1S/C17H18N2O3/c18-13-3-7-16(8-4-13)22-15-5-1-12(2-6-15)10-19-11-14(20)9-17(19)21/h1-8,14,20H,9-11,18H2. The van der Waals surface area contributed by atoms with Gasteiger partial charge in [-0.05, 0) is 42.0 Å². The number of nitrogen functional groups attached to an aromatic ring is 1. The number of amides is 1. The van der Waals surface area contributed by atoms with Gasteiger partial charge in [-0.15, -0.1) is 0 Å². The average Bonchev–Trinajstić information content (AvgIpc) is 2.81. The molecule has 1 amide bonds. The van der Waals surface area contributed by atoms with Crippen molar-refractivity contribution in [2.45, 2.75) is 19.1 Å². The van der Waals surface area contributed by atoms with E-state index in [1.807, 2.05) is 36.4 Å². The molecule has 0 spiro atoms. The Hall–Kier alpha value is -2.53. The van der Waals surface area contributed by atoms with Crippen molar-refractivity contribution in [3.63, 3.8) is 0 Å². The Morgan fingerprint density at radius 2 is 1.68 bits per heavy atom. The number of nitrogens with two attached hydrogens (primary N) is 1. The maximum atomic E-state index is 11.7. The van der Waals surface area contributed by atoms with Crippen molar-refractivity contribution < 1.29 is 14.6 Å². The molecule has 2 aromatic rings. The second kappa shape index (κ2) is 6.07. The fraction of sp³-hybridized carbons (Fsp3) is 0.235. The van der Waals surface area contributed by atoms with Crippen molar-refractivity contribution >= 4 is 11.6 Å². The van der Waals surface area contributed by atoms with Gasteiger partial charge in [0.15, 0.2) is 0 Å². The minimum atomic E-state index is -0.541. The number of aliphatic hydroxyl groups is 1. The van der Waals surface area contributed by atoms with Gasteiger partial charge in [0.25, 0.3) is 0 Å². The SMILES string of the molecule is Nc1ccc(Oc2ccc(CN3CC(O)CC3=O)cc2)cc1. The first-order valence-corrected chi connectivity index (χ1v) is 7.18. The van der Waals surface area contributed by atoms with Crippen LogP contribution in [0.3, 0.4) is 0 Å². The van der Waals surface area contributed by atoms with E-state index in [2.05, 4.69) is 0 Å². The van der Waals surface area contributed by atoms with E-state index in [-0.39, 0.29) is 12.3 Å². The molecule has 3 N–H and O–H groups in total. The van der Waals surface area contributed by atoms with Crippen LogP contribution < -0.4 is 10.5 Å². The third kappa shape index (κ3) is 3.38. The molecule has 0 aromatic heterocycles. The lowest BCUT2D eigenvalue weighted by atomic mass is 10.2. The van der Waals surface area contributed by atoms with Gasteiger partial charge in [-0.1, -0.05) is 12.1 Å². The highest BCUT2D eigenvalue weighted by Gasteiger charge is 2.27. The maximum absolute atomic E-state index is 11.7. The molecule has 5 heteroatoms. The molecule has 1 saturated heterocycles. The van der Waals surface area contributed by atoms with Crippen LogP contribution in [0.2, 0.25) is 0 Å². The summed E-state index contributed by atoms with van der Waals surface area (Å²) in [6.45, 7) is 0.917. The summed E-state index contributed by atoms with van der Waals surface area (Å²) >= 11 is 0. The first kappa shape index (κ1) is 14.4. The minimum Gasteiger partial charge on any atom is -0.457 e. The molecule has 2 aromatic carbocycles. The van der Waals surface area contributed by atoms with E-state index in [0.29, 0.717) is 18.8 Å². The summed E-state index contributed by atoms with van der Waals surface area (Å²) < 4.78 is 5.72. The van der Waals surface area contributed by atoms with Crippen molar-refractivity contribution in [2.75, 3.05) is 12.3 Å². The fourth-order valence-corrected chi connectivity index (χ4v) is 2.46. The van der Waals surface area contributed by atoms with Gasteiger partial charge in [0.1, 0.15) is 11.5 Å². The lowest BCUT2D eigenvalue weighted by molar-refractivity contribution is -0.128. The molecule has 1 aliphatic rings. The van der Waals surface area contributed by atoms with Crippen LogP contribution in [-0.2, 0) is 11.3 Å². The van der Waals surface area contributed by atoms with E-state index < -0.39 is 6.10 Å². The van der Waals surface area contributed by atoms with E-state index in [1.165, 1.54) is 0 Å². The van der Waals surface area contributed by atoms with Crippen LogP contribution in [0, 0.1) is 0 Å². The summed E-state index contributed by atoms with van der Waals surface area (Å²) in [5, 5.41) is 9.48. The summed E-state index contributed by atoms with van der Waals surface area (Å²) in [5.41, 5.74) is 7.33. The number of anilines is 1. The molecule has 0 bridgehead atoms. The first-order chi connectivity index (χ1) is 10.6. The highest BCUT2D eigenvalue weighted by atomic mass is 16.5. The molecule has 0 aliphatic carbocycles. The Balaban J connectivity index is 1.63. The molecule has 5 nitrogen and oxygen atoms in total. The number of benzene rings is 2. The quantitative estimate of drug-likeness (QED) is 0.848. The van der Waals surface area contributed by atoms with Gasteiger partial charge in [-0.25, -0.2) is 0 Å². The van der Waals surface area contributed by atoms with E-state index in [9.17, 15) is 9.90 Å². The maximum Gasteiger partial charge on any atom is 0.225 e. The van der Waals surface area contributed by atoms with Crippen molar-refractivity contribution in [2.24, 2.45) is 0 Å². The van der Waals surface area contributed by atoms with Crippen molar-refractivity contribution in [3.8, 4) is 11.5 Å². The van der Waals surface area contributed by atoms with E-state index in [4.69, 9.17) is 10.5 Å². The van der Waals surface area contributed by atoms with Gasteiger partial charge in [0, 0.05) is 18.8 Å². The summed E-state index contributed by atoms with van der Waals surface area (Å²) in [6, 6.07) is 14.8. The van der Waals surface area contributed by atoms with Gasteiger partial charge in [-0.3, -0.25) is 4.79 Å². The number of hydrogen-bond acceptors (Lipinski definition) is 4. The van der Waals surface area contributed by atoms with Crippen LogP contribution in [0.15, 0.2) is 48.5 Å².